The minimum Gasteiger partial charge on any atom is -0.384 e. The van der Waals surface area contributed by atoms with Gasteiger partial charge in [-0.25, -0.2) is 5.01 Å². The fourth-order valence-electron chi connectivity index (χ4n) is 2.72. The van der Waals surface area contributed by atoms with Crippen molar-refractivity contribution in [3.8, 4) is 0 Å². The second-order valence-corrected chi connectivity index (χ2v) is 5.25. The van der Waals surface area contributed by atoms with Crippen molar-refractivity contribution in [1.82, 2.24) is 15.3 Å². The lowest BCUT2D eigenvalue weighted by Crippen LogP contribution is -2.50. The molecule has 2 aliphatic rings. The van der Waals surface area contributed by atoms with Gasteiger partial charge in [0, 0.05) is 45.0 Å². The summed E-state index contributed by atoms with van der Waals surface area (Å²) in [6.07, 6.45) is 1.16. The van der Waals surface area contributed by atoms with E-state index in [1.54, 1.807) is 0 Å². The molecule has 0 bridgehead atoms. The Morgan fingerprint density at radius 3 is 2.89 bits per heavy atom. The molecular weight excluding hydrogens is 224 g/mol. The molecule has 2 heterocycles. The molecule has 0 saturated carbocycles. The normalized spacial score (nSPS) is 20.7. The first kappa shape index (κ1) is 12.0. The second-order valence-electron chi connectivity index (χ2n) is 5.25. The number of fused-ring (bicyclic) bond motifs is 1. The Bertz CT molecular complexity index is 410. The lowest BCUT2D eigenvalue weighted by molar-refractivity contribution is 0.102. The smallest absolute Gasteiger partial charge is 0.0419 e. The van der Waals surface area contributed by atoms with Crippen molar-refractivity contribution in [3.63, 3.8) is 0 Å². The fourth-order valence-corrected chi connectivity index (χ4v) is 2.72. The van der Waals surface area contributed by atoms with Gasteiger partial charge in [-0.05, 0) is 24.6 Å². The van der Waals surface area contributed by atoms with E-state index in [-0.39, 0.29) is 0 Å². The number of likely N-dealkylation sites (N-methyl/N-ethyl adjacent to an activating group) is 1. The number of para-hydroxylation sites is 1. The highest BCUT2D eigenvalue weighted by Gasteiger charge is 2.16. The van der Waals surface area contributed by atoms with Gasteiger partial charge in [-0.3, -0.25) is 5.43 Å². The maximum atomic E-state index is 3.55. The van der Waals surface area contributed by atoms with E-state index in [1.165, 1.54) is 16.8 Å². The van der Waals surface area contributed by atoms with Crippen molar-refractivity contribution in [2.24, 2.45) is 0 Å². The van der Waals surface area contributed by atoms with Crippen LogP contribution in [0, 0.1) is 0 Å². The highest BCUT2D eigenvalue weighted by atomic mass is 15.5. The van der Waals surface area contributed by atoms with E-state index >= 15 is 0 Å². The minimum atomic E-state index is 0.930. The van der Waals surface area contributed by atoms with Gasteiger partial charge in [0.15, 0.2) is 0 Å². The molecule has 1 aromatic rings. The molecule has 98 valence electrons. The van der Waals surface area contributed by atoms with Crippen LogP contribution >= 0.6 is 0 Å². The van der Waals surface area contributed by atoms with Crippen molar-refractivity contribution >= 4 is 5.69 Å². The summed E-state index contributed by atoms with van der Waals surface area (Å²) in [5.41, 5.74) is 7.77. The molecule has 4 heteroatoms. The van der Waals surface area contributed by atoms with Gasteiger partial charge in [0.1, 0.15) is 0 Å². The van der Waals surface area contributed by atoms with Crippen LogP contribution in [0.5, 0.6) is 0 Å². The first-order chi connectivity index (χ1) is 8.83. The Kier molecular flexibility index (Phi) is 3.50. The van der Waals surface area contributed by atoms with E-state index in [0.717, 1.165) is 45.7 Å². The van der Waals surface area contributed by atoms with E-state index in [4.69, 9.17) is 0 Å². The van der Waals surface area contributed by atoms with E-state index in [0.29, 0.717) is 0 Å². The molecule has 1 saturated heterocycles. The standard InChI is InChI=1S/C14H22N4/c1-17-7-9-18(10-8-17)16-11-13-4-2-3-12-5-6-15-14(12)13/h2-4,15-16H,5-11H2,1H3. The summed E-state index contributed by atoms with van der Waals surface area (Å²) in [6.45, 7) is 6.54. The van der Waals surface area contributed by atoms with Gasteiger partial charge in [0.25, 0.3) is 0 Å². The fraction of sp³-hybridized carbons (Fsp3) is 0.571. The van der Waals surface area contributed by atoms with E-state index in [2.05, 4.69) is 45.9 Å². The first-order valence-electron chi connectivity index (χ1n) is 6.84. The molecule has 3 rings (SSSR count). The van der Waals surface area contributed by atoms with Crippen LogP contribution < -0.4 is 10.7 Å². The molecular formula is C14H22N4. The third-order valence-electron chi connectivity index (χ3n) is 3.93. The molecule has 0 radical (unpaired) electrons. The van der Waals surface area contributed by atoms with Gasteiger partial charge in [0.2, 0.25) is 0 Å². The average molecular weight is 246 g/mol. The molecule has 2 N–H and O–H groups in total. The molecule has 2 aliphatic heterocycles. The second kappa shape index (κ2) is 5.26. The number of rotatable bonds is 3. The van der Waals surface area contributed by atoms with Gasteiger partial charge in [-0.1, -0.05) is 18.2 Å². The van der Waals surface area contributed by atoms with Crippen LogP contribution in [0.1, 0.15) is 11.1 Å². The predicted molar refractivity (Wildman–Crippen MR) is 74.5 cm³/mol. The number of hydrogen-bond donors (Lipinski definition) is 2. The molecule has 4 nitrogen and oxygen atoms in total. The maximum Gasteiger partial charge on any atom is 0.0419 e. The van der Waals surface area contributed by atoms with Gasteiger partial charge < -0.3 is 10.2 Å². The van der Waals surface area contributed by atoms with E-state index in [9.17, 15) is 0 Å². The molecule has 0 amide bonds. The Hall–Kier alpha value is -1.10. The highest BCUT2D eigenvalue weighted by Crippen LogP contribution is 2.26. The topological polar surface area (TPSA) is 30.5 Å². The number of nitrogens with zero attached hydrogens (tertiary/aromatic N) is 2. The molecule has 0 aliphatic carbocycles. The van der Waals surface area contributed by atoms with Gasteiger partial charge >= 0.3 is 0 Å². The molecule has 0 spiro atoms. The SMILES string of the molecule is CN1CCN(NCc2cccc3c2NCC3)CC1. The third kappa shape index (κ3) is 2.51. The van der Waals surface area contributed by atoms with Gasteiger partial charge in [-0.15, -0.1) is 0 Å². The summed E-state index contributed by atoms with van der Waals surface area (Å²) in [5.74, 6) is 0. The van der Waals surface area contributed by atoms with Gasteiger partial charge in [0.05, 0.1) is 0 Å². The zero-order chi connectivity index (χ0) is 12.4. The minimum absolute atomic E-state index is 0.930. The number of benzene rings is 1. The Morgan fingerprint density at radius 1 is 1.22 bits per heavy atom. The maximum absolute atomic E-state index is 3.55. The average Bonchev–Trinajstić information content (AvgIpc) is 2.87. The molecule has 1 aromatic carbocycles. The molecule has 0 aromatic heterocycles. The van der Waals surface area contributed by atoms with Crippen molar-refractivity contribution < 1.29 is 0 Å². The Morgan fingerprint density at radius 2 is 2.06 bits per heavy atom. The van der Waals surface area contributed by atoms with Crippen LogP contribution in [0.25, 0.3) is 0 Å². The zero-order valence-electron chi connectivity index (χ0n) is 11.1. The van der Waals surface area contributed by atoms with Crippen molar-refractivity contribution in [3.05, 3.63) is 29.3 Å². The first-order valence-corrected chi connectivity index (χ1v) is 6.84. The quantitative estimate of drug-likeness (QED) is 0.830. The van der Waals surface area contributed by atoms with Crippen LogP contribution in [0.4, 0.5) is 5.69 Å². The predicted octanol–water partition coefficient (Wildman–Crippen LogP) is 0.907. The van der Waals surface area contributed by atoms with Crippen molar-refractivity contribution in [2.45, 2.75) is 13.0 Å². The van der Waals surface area contributed by atoms with Crippen LogP contribution in [0.2, 0.25) is 0 Å². The number of piperazine rings is 1. The molecule has 18 heavy (non-hydrogen) atoms. The lowest BCUT2D eigenvalue weighted by atomic mass is 10.1. The number of hydrazine groups is 1. The number of nitrogens with one attached hydrogen (secondary N) is 2. The monoisotopic (exact) mass is 246 g/mol. The van der Waals surface area contributed by atoms with E-state index in [1.807, 2.05) is 0 Å². The van der Waals surface area contributed by atoms with Crippen molar-refractivity contribution in [2.75, 3.05) is 45.1 Å². The number of anilines is 1. The van der Waals surface area contributed by atoms with Gasteiger partial charge in [-0.2, -0.15) is 0 Å². The van der Waals surface area contributed by atoms with E-state index < -0.39 is 0 Å². The molecule has 0 unspecified atom stereocenters. The Balaban J connectivity index is 1.59. The molecule has 0 atom stereocenters. The van der Waals surface area contributed by atoms with Crippen LogP contribution in [0.15, 0.2) is 18.2 Å². The van der Waals surface area contributed by atoms with Crippen LogP contribution in [-0.2, 0) is 13.0 Å². The molecule has 1 fully saturated rings. The number of hydrogen-bond acceptors (Lipinski definition) is 4. The van der Waals surface area contributed by atoms with Crippen LogP contribution in [-0.4, -0.2) is 49.7 Å². The summed E-state index contributed by atoms with van der Waals surface area (Å²) < 4.78 is 0. The summed E-state index contributed by atoms with van der Waals surface area (Å²) >= 11 is 0. The summed E-state index contributed by atoms with van der Waals surface area (Å²) in [7, 11) is 2.19. The third-order valence-corrected chi connectivity index (χ3v) is 3.93. The Labute approximate surface area is 109 Å². The van der Waals surface area contributed by atoms with Crippen molar-refractivity contribution in [1.29, 1.82) is 0 Å². The summed E-state index contributed by atoms with van der Waals surface area (Å²) in [5, 5.41) is 5.84. The van der Waals surface area contributed by atoms with Crippen LogP contribution in [0.3, 0.4) is 0 Å². The lowest BCUT2D eigenvalue weighted by Gasteiger charge is -2.32. The highest BCUT2D eigenvalue weighted by molar-refractivity contribution is 5.61. The summed E-state index contributed by atoms with van der Waals surface area (Å²) in [4.78, 5) is 2.37. The largest absolute Gasteiger partial charge is 0.384 e. The summed E-state index contributed by atoms with van der Waals surface area (Å²) in [6, 6.07) is 6.63. The zero-order valence-corrected chi connectivity index (χ0v) is 11.1.